The van der Waals surface area contributed by atoms with Gasteiger partial charge < -0.3 is 10.2 Å². The molecule has 1 heterocycles. The molecule has 1 fully saturated rings. The van der Waals surface area contributed by atoms with Crippen LogP contribution in [0.15, 0.2) is 18.2 Å². The Morgan fingerprint density at radius 1 is 1.32 bits per heavy atom. The Morgan fingerprint density at radius 2 is 2.00 bits per heavy atom. The number of nitrogens with one attached hydrogen (secondary N) is 3. The molecule has 0 atom stereocenters. The SMILES string of the molecule is C[NH+]1CCN(NC(=S)Nc2ccc(F)cc2F)CC1. The molecule has 1 aromatic rings. The van der Waals surface area contributed by atoms with Crippen molar-refractivity contribution >= 4 is 23.0 Å². The van der Waals surface area contributed by atoms with Crippen LogP contribution in [0.1, 0.15) is 0 Å². The quantitative estimate of drug-likeness (QED) is 0.669. The number of rotatable bonds is 2. The van der Waals surface area contributed by atoms with E-state index in [1.165, 1.54) is 17.0 Å². The van der Waals surface area contributed by atoms with Crippen LogP contribution in [-0.4, -0.2) is 43.3 Å². The monoisotopic (exact) mass is 287 g/mol. The zero-order valence-corrected chi connectivity index (χ0v) is 11.5. The number of hydrogen-bond acceptors (Lipinski definition) is 2. The number of hydrogen-bond donors (Lipinski definition) is 3. The second-order valence-electron chi connectivity index (χ2n) is 4.63. The van der Waals surface area contributed by atoms with Gasteiger partial charge in [-0.1, -0.05) is 0 Å². The van der Waals surface area contributed by atoms with E-state index >= 15 is 0 Å². The molecule has 7 heteroatoms. The Balaban J connectivity index is 1.87. The van der Waals surface area contributed by atoms with Crippen molar-refractivity contribution in [1.82, 2.24) is 10.4 Å². The summed E-state index contributed by atoms with van der Waals surface area (Å²) in [6, 6.07) is 3.34. The van der Waals surface area contributed by atoms with Crippen LogP contribution >= 0.6 is 12.2 Å². The molecule has 1 aliphatic rings. The van der Waals surface area contributed by atoms with Gasteiger partial charge in [0.05, 0.1) is 38.9 Å². The normalized spacial score (nSPS) is 17.2. The standard InChI is InChI=1S/C12H16F2N4S/c1-17-4-6-18(7-5-17)16-12(19)15-11-3-2-9(13)8-10(11)14/h2-3,8H,4-7H2,1H3,(H2,15,16,19)/p+1. The molecule has 0 saturated carbocycles. The van der Waals surface area contributed by atoms with E-state index in [2.05, 4.69) is 17.8 Å². The molecular weight excluding hydrogens is 270 g/mol. The lowest BCUT2D eigenvalue weighted by Crippen LogP contribution is -3.12. The molecule has 1 aliphatic heterocycles. The Hall–Kier alpha value is -1.31. The number of halogens is 2. The summed E-state index contributed by atoms with van der Waals surface area (Å²) >= 11 is 5.11. The van der Waals surface area contributed by atoms with Gasteiger partial charge in [0.15, 0.2) is 5.11 Å². The fourth-order valence-electron chi connectivity index (χ4n) is 1.88. The van der Waals surface area contributed by atoms with Gasteiger partial charge in [0.2, 0.25) is 0 Å². The third-order valence-electron chi connectivity index (χ3n) is 3.06. The summed E-state index contributed by atoms with van der Waals surface area (Å²) in [5.74, 6) is -1.27. The average Bonchev–Trinajstić information content (AvgIpc) is 2.36. The van der Waals surface area contributed by atoms with Crippen molar-refractivity contribution in [3.8, 4) is 0 Å². The lowest BCUT2D eigenvalue weighted by atomic mass is 10.3. The van der Waals surface area contributed by atoms with Crippen LogP contribution in [0.2, 0.25) is 0 Å². The fraction of sp³-hybridized carbons (Fsp3) is 0.417. The van der Waals surface area contributed by atoms with Crippen LogP contribution in [0.5, 0.6) is 0 Å². The smallest absolute Gasteiger partial charge is 0.185 e. The molecule has 0 aromatic heterocycles. The Kier molecular flexibility index (Phi) is 4.62. The van der Waals surface area contributed by atoms with Crippen LogP contribution in [0, 0.1) is 11.6 Å². The van der Waals surface area contributed by atoms with E-state index in [4.69, 9.17) is 12.2 Å². The first kappa shape index (κ1) is 14.1. The van der Waals surface area contributed by atoms with Crippen LogP contribution in [0.3, 0.4) is 0 Å². The van der Waals surface area contributed by atoms with Crippen molar-refractivity contribution in [2.24, 2.45) is 0 Å². The highest BCUT2D eigenvalue weighted by Gasteiger charge is 2.17. The highest BCUT2D eigenvalue weighted by Crippen LogP contribution is 2.14. The van der Waals surface area contributed by atoms with Crippen molar-refractivity contribution in [3.63, 3.8) is 0 Å². The summed E-state index contributed by atoms with van der Waals surface area (Å²) < 4.78 is 26.2. The number of likely N-dealkylation sites (N-methyl/N-ethyl adjacent to an activating group) is 1. The predicted octanol–water partition coefficient (Wildman–Crippen LogP) is -0.00350. The third kappa shape index (κ3) is 4.09. The van der Waals surface area contributed by atoms with Crippen LogP contribution in [-0.2, 0) is 0 Å². The summed E-state index contributed by atoms with van der Waals surface area (Å²) in [6.45, 7) is 3.81. The van der Waals surface area contributed by atoms with Crippen molar-refractivity contribution in [2.45, 2.75) is 0 Å². The molecule has 0 spiro atoms. The topological polar surface area (TPSA) is 31.7 Å². The first-order chi connectivity index (χ1) is 9.04. The van der Waals surface area contributed by atoms with E-state index in [1.807, 2.05) is 5.01 Å². The summed E-state index contributed by atoms with van der Waals surface area (Å²) in [5, 5.41) is 5.03. The zero-order valence-electron chi connectivity index (χ0n) is 10.7. The first-order valence-electron chi connectivity index (χ1n) is 6.13. The average molecular weight is 287 g/mol. The van der Waals surface area contributed by atoms with Gasteiger partial charge >= 0.3 is 0 Å². The number of piperazine rings is 1. The number of anilines is 1. The maximum absolute atomic E-state index is 13.4. The molecule has 2 rings (SSSR count). The van der Waals surface area contributed by atoms with Crippen molar-refractivity contribution in [1.29, 1.82) is 0 Å². The molecule has 1 saturated heterocycles. The molecule has 0 radical (unpaired) electrons. The van der Waals surface area contributed by atoms with Gasteiger partial charge in [-0.3, -0.25) is 5.43 Å². The molecule has 0 amide bonds. The highest BCUT2D eigenvalue weighted by atomic mass is 32.1. The maximum atomic E-state index is 13.4. The summed E-state index contributed by atoms with van der Waals surface area (Å²) in [4.78, 5) is 1.47. The lowest BCUT2D eigenvalue weighted by Gasteiger charge is -2.31. The van der Waals surface area contributed by atoms with Crippen LogP contribution in [0.4, 0.5) is 14.5 Å². The van der Waals surface area contributed by atoms with Gasteiger partial charge in [-0.15, -0.1) is 0 Å². The van der Waals surface area contributed by atoms with Gasteiger partial charge in [-0.25, -0.2) is 13.8 Å². The molecule has 0 aliphatic carbocycles. The molecule has 19 heavy (non-hydrogen) atoms. The van der Waals surface area contributed by atoms with Crippen molar-refractivity contribution in [3.05, 3.63) is 29.8 Å². The van der Waals surface area contributed by atoms with Gasteiger partial charge in [0.25, 0.3) is 0 Å². The predicted molar refractivity (Wildman–Crippen MR) is 73.9 cm³/mol. The van der Waals surface area contributed by atoms with Gasteiger partial charge in [0.1, 0.15) is 11.6 Å². The van der Waals surface area contributed by atoms with Gasteiger partial charge in [-0.05, 0) is 24.4 Å². The minimum Gasteiger partial charge on any atom is -0.335 e. The summed E-state index contributed by atoms with van der Waals surface area (Å²) in [5.41, 5.74) is 3.18. The molecule has 1 aromatic carbocycles. The van der Waals surface area contributed by atoms with E-state index in [0.29, 0.717) is 5.11 Å². The molecular formula is C12H17F2N4S+. The summed E-state index contributed by atoms with van der Waals surface area (Å²) in [6.07, 6.45) is 0. The molecule has 104 valence electrons. The molecule has 0 unspecified atom stereocenters. The highest BCUT2D eigenvalue weighted by molar-refractivity contribution is 7.80. The molecule has 4 nitrogen and oxygen atoms in total. The minimum absolute atomic E-state index is 0.165. The van der Waals surface area contributed by atoms with E-state index in [0.717, 1.165) is 32.2 Å². The minimum atomic E-state index is -0.660. The number of nitrogens with zero attached hydrogens (tertiary/aromatic N) is 1. The van der Waals surface area contributed by atoms with E-state index in [9.17, 15) is 8.78 Å². The number of hydrazine groups is 1. The van der Waals surface area contributed by atoms with Crippen LogP contribution in [0.25, 0.3) is 0 Å². The van der Waals surface area contributed by atoms with Crippen molar-refractivity contribution in [2.75, 3.05) is 38.5 Å². The third-order valence-corrected chi connectivity index (χ3v) is 3.25. The fourth-order valence-corrected chi connectivity index (χ4v) is 2.12. The lowest BCUT2D eigenvalue weighted by molar-refractivity contribution is -0.884. The van der Waals surface area contributed by atoms with E-state index in [-0.39, 0.29) is 5.69 Å². The maximum Gasteiger partial charge on any atom is 0.185 e. The first-order valence-corrected chi connectivity index (χ1v) is 6.54. The van der Waals surface area contributed by atoms with E-state index < -0.39 is 11.6 Å². The summed E-state index contributed by atoms with van der Waals surface area (Å²) in [7, 11) is 2.14. The van der Waals surface area contributed by atoms with Gasteiger partial charge in [0, 0.05) is 6.07 Å². The Labute approximate surface area is 116 Å². The molecule has 3 N–H and O–H groups in total. The Morgan fingerprint density at radius 3 is 2.63 bits per heavy atom. The second-order valence-corrected chi connectivity index (χ2v) is 5.04. The largest absolute Gasteiger partial charge is 0.335 e. The number of thiocarbonyl (C=S) groups is 1. The van der Waals surface area contributed by atoms with Crippen LogP contribution < -0.4 is 15.6 Å². The van der Waals surface area contributed by atoms with E-state index in [1.54, 1.807) is 0 Å². The van der Waals surface area contributed by atoms with Gasteiger partial charge in [-0.2, -0.15) is 0 Å². The number of quaternary nitrogens is 1. The Bertz CT molecular complexity index is 461. The second kappa shape index (κ2) is 6.23. The zero-order chi connectivity index (χ0) is 13.8. The van der Waals surface area contributed by atoms with Crippen molar-refractivity contribution < 1.29 is 13.7 Å². The molecule has 0 bridgehead atoms. The number of benzene rings is 1.